The summed E-state index contributed by atoms with van der Waals surface area (Å²) in [6, 6.07) is 11.8. The van der Waals surface area contributed by atoms with Gasteiger partial charge in [-0.1, -0.05) is 12.1 Å². The molecule has 0 radical (unpaired) electrons. The summed E-state index contributed by atoms with van der Waals surface area (Å²) < 4.78 is 5.36. The largest absolute Gasteiger partial charge is 0.497 e. The second-order valence-corrected chi connectivity index (χ2v) is 8.71. The van der Waals surface area contributed by atoms with E-state index in [0.717, 1.165) is 46.9 Å². The molecule has 0 bridgehead atoms. The number of ether oxygens (including phenoxy) is 1. The summed E-state index contributed by atoms with van der Waals surface area (Å²) in [5.41, 5.74) is 6.17. The summed E-state index contributed by atoms with van der Waals surface area (Å²) in [6.07, 6.45) is 4.29. The number of aromatic amines is 1. The van der Waals surface area contributed by atoms with Gasteiger partial charge in [0.25, 0.3) is 0 Å². The van der Waals surface area contributed by atoms with Crippen molar-refractivity contribution in [2.24, 2.45) is 0 Å². The van der Waals surface area contributed by atoms with Crippen molar-refractivity contribution in [3.8, 4) is 16.9 Å². The molecule has 174 valence electrons. The second-order valence-electron chi connectivity index (χ2n) is 8.71. The van der Waals surface area contributed by atoms with E-state index in [1.807, 2.05) is 30.5 Å². The number of nitrogens with one attached hydrogen (secondary N) is 3. The number of nitrogens with zero attached hydrogens (tertiary/aromatic N) is 3. The molecular formula is C25H32N6O2. The molecule has 0 saturated carbocycles. The number of anilines is 2. The molecule has 1 aliphatic rings. The van der Waals surface area contributed by atoms with Gasteiger partial charge in [0.2, 0.25) is 5.91 Å². The van der Waals surface area contributed by atoms with Gasteiger partial charge in [-0.3, -0.25) is 9.89 Å². The molecule has 1 unspecified atom stereocenters. The fraction of sp³-hybridized carbons (Fsp3) is 0.360. The quantitative estimate of drug-likeness (QED) is 0.491. The van der Waals surface area contributed by atoms with Crippen LogP contribution in [0.3, 0.4) is 0 Å². The van der Waals surface area contributed by atoms with Crippen LogP contribution in [0.15, 0.2) is 48.8 Å². The lowest BCUT2D eigenvalue weighted by Gasteiger charge is -2.28. The van der Waals surface area contributed by atoms with Crippen molar-refractivity contribution >= 4 is 17.3 Å². The Balaban J connectivity index is 1.55. The lowest BCUT2D eigenvalue weighted by atomic mass is 9.95. The van der Waals surface area contributed by atoms with Gasteiger partial charge in [-0.15, -0.1) is 0 Å². The highest BCUT2D eigenvalue weighted by Crippen LogP contribution is 2.31. The number of rotatable bonds is 8. The standard InChI is InChI=1S/C25H32N6O2/c1-30(2)9-10-31(3)24-13-17(20-15-27-28-16-20)6-8-22(24)29-25(32)23-12-19-11-21(33-4)7-5-18(19)14-26-23/h5-8,11,13,15-16,23,26H,9-10,12,14H2,1-4H3,(H,27,28)(H,29,32). The Bertz CT molecular complexity index is 1100. The van der Waals surface area contributed by atoms with Crippen LogP contribution in [0.4, 0.5) is 11.4 Å². The third-order valence-corrected chi connectivity index (χ3v) is 6.07. The molecule has 1 aliphatic heterocycles. The van der Waals surface area contributed by atoms with Crippen LogP contribution < -0.4 is 20.3 Å². The number of amides is 1. The Morgan fingerprint density at radius 1 is 1.12 bits per heavy atom. The fourth-order valence-corrected chi connectivity index (χ4v) is 4.03. The van der Waals surface area contributed by atoms with E-state index in [2.05, 4.69) is 63.9 Å². The third-order valence-electron chi connectivity index (χ3n) is 6.07. The van der Waals surface area contributed by atoms with Crippen LogP contribution in [0.1, 0.15) is 11.1 Å². The maximum atomic E-state index is 13.2. The van der Waals surface area contributed by atoms with Crippen LogP contribution in [-0.4, -0.2) is 68.4 Å². The summed E-state index contributed by atoms with van der Waals surface area (Å²) in [7, 11) is 7.82. The van der Waals surface area contributed by atoms with Crippen LogP contribution in [0.5, 0.6) is 5.75 Å². The van der Waals surface area contributed by atoms with Crippen LogP contribution in [0.2, 0.25) is 0 Å². The highest BCUT2D eigenvalue weighted by Gasteiger charge is 2.25. The normalized spacial score (nSPS) is 15.2. The van der Waals surface area contributed by atoms with Gasteiger partial charge in [-0.2, -0.15) is 5.10 Å². The Labute approximate surface area is 194 Å². The van der Waals surface area contributed by atoms with Crippen molar-refractivity contribution in [1.29, 1.82) is 0 Å². The van der Waals surface area contributed by atoms with Crippen molar-refractivity contribution in [1.82, 2.24) is 20.4 Å². The molecule has 4 rings (SSSR count). The van der Waals surface area contributed by atoms with E-state index in [4.69, 9.17) is 4.74 Å². The van der Waals surface area contributed by atoms with E-state index in [9.17, 15) is 4.79 Å². The minimum absolute atomic E-state index is 0.0400. The Kier molecular flexibility index (Phi) is 6.96. The number of methoxy groups -OCH3 is 1. The smallest absolute Gasteiger partial charge is 0.241 e. The van der Waals surface area contributed by atoms with Gasteiger partial charge in [0.05, 0.1) is 30.7 Å². The lowest BCUT2D eigenvalue weighted by molar-refractivity contribution is -0.118. The number of carbonyl (C=O) groups is 1. The maximum Gasteiger partial charge on any atom is 0.241 e. The van der Waals surface area contributed by atoms with Crippen LogP contribution in [0, 0.1) is 0 Å². The van der Waals surface area contributed by atoms with Gasteiger partial charge in [0.15, 0.2) is 0 Å². The summed E-state index contributed by atoms with van der Waals surface area (Å²) in [6.45, 7) is 2.40. The van der Waals surface area contributed by atoms with E-state index in [1.165, 1.54) is 5.56 Å². The first-order valence-electron chi connectivity index (χ1n) is 11.1. The van der Waals surface area contributed by atoms with Crippen molar-refractivity contribution in [2.45, 2.75) is 19.0 Å². The first-order valence-corrected chi connectivity index (χ1v) is 11.1. The average molecular weight is 449 g/mol. The van der Waals surface area contributed by atoms with E-state index >= 15 is 0 Å². The number of aromatic nitrogens is 2. The van der Waals surface area contributed by atoms with Gasteiger partial charge in [-0.25, -0.2) is 0 Å². The zero-order chi connectivity index (χ0) is 23.4. The Morgan fingerprint density at radius 2 is 1.97 bits per heavy atom. The molecule has 0 saturated heterocycles. The zero-order valence-corrected chi connectivity index (χ0v) is 19.7. The van der Waals surface area contributed by atoms with Crippen LogP contribution in [0.25, 0.3) is 11.1 Å². The SMILES string of the molecule is COc1ccc2c(c1)CC(C(=O)Nc1ccc(-c3cn[nH]c3)cc1N(C)CCN(C)C)NC2. The molecule has 1 aromatic heterocycles. The van der Waals surface area contributed by atoms with E-state index in [0.29, 0.717) is 13.0 Å². The topological polar surface area (TPSA) is 85.5 Å². The predicted octanol–water partition coefficient (Wildman–Crippen LogP) is 2.74. The average Bonchev–Trinajstić information content (AvgIpc) is 3.37. The Morgan fingerprint density at radius 3 is 2.70 bits per heavy atom. The molecule has 3 aromatic rings. The highest BCUT2D eigenvalue weighted by atomic mass is 16.5. The highest BCUT2D eigenvalue weighted by molar-refractivity contribution is 5.98. The molecule has 33 heavy (non-hydrogen) atoms. The maximum absolute atomic E-state index is 13.2. The number of carbonyl (C=O) groups excluding carboxylic acids is 1. The minimum Gasteiger partial charge on any atom is -0.497 e. The fourth-order valence-electron chi connectivity index (χ4n) is 4.03. The molecule has 0 aliphatic carbocycles. The molecular weight excluding hydrogens is 416 g/mol. The van der Waals surface area contributed by atoms with E-state index in [-0.39, 0.29) is 11.9 Å². The number of hydrogen-bond donors (Lipinski definition) is 3. The van der Waals surface area contributed by atoms with Crippen molar-refractivity contribution < 1.29 is 9.53 Å². The summed E-state index contributed by atoms with van der Waals surface area (Å²) in [5, 5.41) is 13.5. The first kappa shape index (κ1) is 22.8. The monoisotopic (exact) mass is 448 g/mol. The van der Waals surface area contributed by atoms with Gasteiger partial charge in [0.1, 0.15) is 5.75 Å². The minimum atomic E-state index is -0.307. The second kappa shape index (κ2) is 10.1. The van der Waals surface area contributed by atoms with Gasteiger partial charge in [0, 0.05) is 38.4 Å². The molecule has 1 amide bonds. The Hall–Kier alpha value is -3.36. The van der Waals surface area contributed by atoms with Gasteiger partial charge in [-0.05, 0) is 61.5 Å². The molecule has 0 spiro atoms. The van der Waals surface area contributed by atoms with E-state index in [1.54, 1.807) is 13.3 Å². The summed E-state index contributed by atoms with van der Waals surface area (Å²) in [4.78, 5) is 17.6. The molecule has 8 nitrogen and oxygen atoms in total. The van der Waals surface area contributed by atoms with Crippen molar-refractivity contribution in [2.75, 3.05) is 51.6 Å². The number of hydrogen-bond acceptors (Lipinski definition) is 6. The molecule has 0 fully saturated rings. The third kappa shape index (κ3) is 5.35. The van der Waals surface area contributed by atoms with Crippen molar-refractivity contribution in [3.05, 3.63) is 59.9 Å². The van der Waals surface area contributed by atoms with Crippen LogP contribution >= 0.6 is 0 Å². The summed E-state index contributed by atoms with van der Waals surface area (Å²) in [5.74, 6) is 0.774. The number of fused-ring (bicyclic) bond motifs is 1. The van der Waals surface area contributed by atoms with Gasteiger partial charge < -0.3 is 25.2 Å². The van der Waals surface area contributed by atoms with Gasteiger partial charge >= 0.3 is 0 Å². The molecule has 3 N–H and O–H groups in total. The molecule has 1 atom stereocenters. The van der Waals surface area contributed by atoms with Crippen LogP contribution in [-0.2, 0) is 17.8 Å². The predicted molar refractivity (Wildman–Crippen MR) is 132 cm³/mol. The zero-order valence-electron chi connectivity index (χ0n) is 19.7. The number of benzene rings is 2. The lowest BCUT2D eigenvalue weighted by Crippen LogP contribution is -2.44. The van der Waals surface area contributed by atoms with Crippen molar-refractivity contribution in [3.63, 3.8) is 0 Å². The summed E-state index contributed by atoms with van der Waals surface area (Å²) >= 11 is 0. The molecule has 2 aromatic carbocycles. The number of likely N-dealkylation sites (N-methyl/N-ethyl adjacent to an activating group) is 2. The molecule has 8 heteroatoms. The number of H-pyrrole nitrogens is 1. The van der Waals surface area contributed by atoms with E-state index < -0.39 is 0 Å². The molecule has 2 heterocycles. The first-order chi connectivity index (χ1) is 15.9.